The molecule has 0 aromatic heterocycles. The molecule has 1 N–H and O–H groups in total. The van der Waals surface area contributed by atoms with Gasteiger partial charge in [0.1, 0.15) is 5.82 Å². The lowest BCUT2D eigenvalue weighted by Gasteiger charge is -2.39. The van der Waals surface area contributed by atoms with E-state index in [9.17, 15) is 14.8 Å². The number of halogens is 1. The van der Waals surface area contributed by atoms with Crippen LogP contribution >= 0.6 is 0 Å². The summed E-state index contributed by atoms with van der Waals surface area (Å²) in [4.78, 5) is 0. The fraction of sp³-hybridized carbons (Fsp3) is 0.588. The molecule has 0 spiro atoms. The number of aryl methyl sites for hydroxylation is 1. The summed E-state index contributed by atoms with van der Waals surface area (Å²) in [6.07, 6.45) is 3.59. The van der Waals surface area contributed by atoms with Gasteiger partial charge >= 0.3 is 0 Å². The van der Waals surface area contributed by atoms with Crippen LogP contribution in [0.4, 0.5) is 4.39 Å². The van der Waals surface area contributed by atoms with Crippen LogP contribution in [0.2, 0.25) is 0 Å². The largest absolute Gasteiger partial charge is 0.387 e. The molecule has 3 unspecified atom stereocenters. The molecule has 0 amide bonds. The molecule has 1 aliphatic carbocycles. The fourth-order valence-electron chi connectivity index (χ4n) is 3.39. The van der Waals surface area contributed by atoms with Crippen LogP contribution < -0.4 is 0 Å². The minimum Gasteiger partial charge on any atom is -0.387 e. The highest BCUT2D eigenvalue weighted by Gasteiger charge is 2.43. The average molecular weight is 275 g/mol. The molecule has 108 valence electrons. The van der Waals surface area contributed by atoms with Crippen LogP contribution in [0, 0.1) is 35.4 Å². The summed E-state index contributed by atoms with van der Waals surface area (Å²) in [5.41, 5.74) is 0.632. The summed E-state index contributed by atoms with van der Waals surface area (Å²) in [6, 6.07) is 6.78. The van der Waals surface area contributed by atoms with E-state index in [0.717, 1.165) is 24.8 Å². The van der Waals surface area contributed by atoms with Gasteiger partial charge < -0.3 is 5.11 Å². The summed E-state index contributed by atoms with van der Waals surface area (Å²) in [6.45, 7) is 3.97. The van der Waals surface area contributed by atoms with Gasteiger partial charge in [0.2, 0.25) is 0 Å². The molecule has 0 radical (unpaired) electrons. The standard InChI is InChI=1S/C17H22FNO/c1-3-13-5-4-8-17(10-13,11-19)16(20)15-9-14(18)7-6-12(15)2/h6-7,9,13,16,20H,3-5,8,10H2,1-2H3. The number of aliphatic hydroxyl groups excluding tert-OH is 1. The highest BCUT2D eigenvalue weighted by atomic mass is 19.1. The normalized spacial score (nSPS) is 27.9. The van der Waals surface area contributed by atoms with Gasteiger partial charge in [-0.25, -0.2) is 4.39 Å². The van der Waals surface area contributed by atoms with Gasteiger partial charge in [-0.1, -0.05) is 32.3 Å². The third-order valence-electron chi connectivity index (χ3n) is 4.75. The van der Waals surface area contributed by atoms with E-state index in [1.807, 2.05) is 6.92 Å². The van der Waals surface area contributed by atoms with Crippen LogP contribution in [0.15, 0.2) is 18.2 Å². The minimum absolute atomic E-state index is 0.361. The van der Waals surface area contributed by atoms with Gasteiger partial charge in [0, 0.05) is 0 Å². The lowest BCUT2D eigenvalue weighted by molar-refractivity contribution is 0.0179. The number of rotatable bonds is 3. The first-order chi connectivity index (χ1) is 9.52. The maximum Gasteiger partial charge on any atom is 0.123 e. The summed E-state index contributed by atoms with van der Waals surface area (Å²) in [5, 5.41) is 20.4. The Bertz CT molecular complexity index is 522. The van der Waals surface area contributed by atoms with E-state index in [1.165, 1.54) is 12.1 Å². The molecule has 0 heterocycles. The lowest BCUT2D eigenvalue weighted by atomic mass is 9.65. The van der Waals surface area contributed by atoms with Crippen molar-refractivity contribution < 1.29 is 9.50 Å². The number of hydrogen-bond donors (Lipinski definition) is 1. The number of benzene rings is 1. The molecule has 2 nitrogen and oxygen atoms in total. The molecule has 1 fully saturated rings. The highest BCUT2D eigenvalue weighted by Crippen LogP contribution is 2.48. The Morgan fingerprint density at radius 2 is 2.30 bits per heavy atom. The van der Waals surface area contributed by atoms with E-state index < -0.39 is 11.5 Å². The van der Waals surface area contributed by atoms with Gasteiger partial charge in [0.05, 0.1) is 17.6 Å². The van der Waals surface area contributed by atoms with E-state index in [2.05, 4.69) is 13.0 Å². The maximum absolute atomic E-state index is 13.5. The lowest BCUT2D eigenvalue weighted by Crippen LogP contribution is -2.34. The zero-order chi connectivity index (χ0) is 14.8. The first kappa shape index (κ1) is 15.0. The van der Waals surface area contributed by atoms with Gasteiger partial charge in [0.25, 0.3) is 0 Å². The van der Waals surface area contributed by atoms with Crippen molar-refractivity contribution in [1.82, 2.24) is 0 Å². The van der Waals surface area contributed by atoms with Gasteiger partial charge in [-0.05, 0) is 48.9 Å². The van der Waals surface area contributed by atoms with Crippen molar-refractivity contribution in [2.75, 3.05) is 0 Å². The third-order valence-corrected chi connectivity index (χ3v) is 4.75. The van der Waals surface area contributed by atoms with Crippen LogP contribution in [0.25, 0.3) is 0 Å². The average Bonchev–Trinajstić information content (AvgIpc) is 2.48. The van der Waals surface area contributed by atoms with Gasteiger partial charge in [0.15, 0.2) is 0 Å². The van der Waals surface area contributed by atoms with Crippen molar-refractivity contribution in [3.05, 3.63) is 35.1 Å². The van der Waals surface area contributed by atoms with Crippen molar-refractivity contribution in [3.8, 4) is 6.07 Å². The smallest absolute Gasteiger partial charge is 0.123 e. The molecule has 1 aromatic carbocycles. The fourth-order valence-corrected chi connectivity index (χ4v) is 3.39. The Labute approximate surface area is 120 Å². The van der Waals surface area contributed by atoms with Crippen molar-refractivity contribution in [2.24, 2.45) is 11.3 Å². The second-order valence-electron chi connectivity index (χ2n) is 6.04. The molecule has 3 atom stereocenters. The SMILES string of the molecule is CCC1CCCC(C#N)(C(O)c2cc(F)ccc2C)C1. The van der Waals surface area contributed by atoms with Crippen molar-refractivity contribution in [2.45, 2.75) is 52.1 Å². The van der Waals surface area contributed by atoms with Gasteiger partial charge in [-0.3, -0.25) is 0 Å². The van der Waals surface area contributed by atoms with Crippen LogP contribution in [0.1, 0.15) is 56.3 Å². The summed E-state index contributed by atoms with van der Waals surface area (Å²) in [7, 11) is 0. The van der Waals surface area contributed by atoms with Gasteiger partial charge in [-0.2, -0.15) is 5.26 Å². The quantitative estimate of drug-likeness (QED) is 0.894. The Balaban J connectivity index is 2.36. The molecular formula is C17H22FNO. The van der Waals surface area contributed by atoms with Crippen molar-refractivity contribution in [3.63, 3.8) is 0 Å². The molecule has 1 aromatic rings. The topological polar surface area (TPSA) is 44.0 Å². The molecule has 0 aliphatic heterocycles. The number of hydrogen-bond acceptors (Lipinski definition) is 2. The highest BCUT2D eigenvalue weighted by molar-refractivity contribution is 5.32. The van der Waals surface area contributed by atoms with E-state index in [4.69, 9.17) is 0 Å². The predicted molar refractivity (Wildman–Crippen MR) is 76.4 cm³/mol. The first-order valence-electron chi connectivity index (χ1n) is 7.38. The monoisotopic (exact) mass is 275 g/mol. The van der Waals surface area contributed by atoms with E-state index in [1.54, 1.807) is 6.07 Å². The second-order valence-corrected chi connectivity index (χ2v) is 6.04. The van der Waals surface area contributed by atoms with Crippen LogP contribution in [0.5, 0.6) is 0 Å². The Kier molecular flexibility index (Phi) is 4.45. The second kappa shape index (κ2) is 5.93. The summed E-state index contributed by atoms with van der Waals surface area (Å²) in [5.74, 6) is 0.118. The van der Waals surface area contributed by atoms with Crippen LogP contribution in [-0.4, -0.2) is 5.11 Å². The molecule has 20 heavy (non-hydrogen) atoms. The maximum atomic E-state index is 13.5. The van der Waals surface area contributed by atoms with Gasteiger partial charge in [-0.15, -0.1) is 0 Å². The molecule has 3 heteroatoms. The zero-order valence-electron chi connectivity index (χ0n) is 12.2. The number of aliphatic hydroxyl groups is 1. The van der Waals surface area contributed by atoms with E-state index in [0.29, 0.717) is 24.3 Å². The molecule has 0 saturated heterocycles. The molecule has 1 aliphatic rings. The van der Waals surface area contributed by atoms with E-state index >= 15 is 0 Å². The molecule has 1 saturated carbocycles. The Morgan fingerprint density at radius 3 is 2.95 bits per heavy atom. The Hall–Kier alpha value is -1.40. The molecule has 0 bridgehead atoms. The van der Waals surface area contributed by atoms with E-state index in [-0.39, 0.29) is 5.82 Å². The number of nitriles is 1. The van der Waals surface area contributed by atoms with Crippen molar-refractivity contribution >= 4 is 0 Å². The summed E-state index contributed by atoms with van der Waals surface area (Å²) >= 11 is 0. The molecular weight excluding hydrogens is 253 g/mol. The summed E-state index contributed by atoms with van der Waals surface area (Å²) < 4.78 is 13.5. The first-order valence-corrected chi connectivity index (χ1v) is 7.38. The van der Waals surface area contributed by atoms with Crippen LogP contribution in [0.3, 0.4) is 0 Å². The number of nitrogens with zero attached hydrogens (tertiary/aromatic N) is 1. The predicted octanol–water partition coefficient (Wildman–Crippen LogP) is 4.28. The van der Waals surface area contributed by atoms with Crippen LogP contribution in [-0.2, 0) is 0 Å². The molecule has 2 rings (SSSR count). The third kappa shape index (κ3) is 2.71. The zero-order valence-corrected chi connectivity index (χ0v) is 12.2. The Morgan fingerprint density at radius 1 is 1.55 bits per heavy atom. The minimum atomic E-state index is -0.905. The van der Waals surface area contributed by atoms with Crippen molar-refractivity contribution in [1.29, 1.82) is 5.26 Å².